The van der Waals surface area contributed by atoms with Crippen molar-refractivity contribution in [2.75, 3.05) is 25.5 Å². The van der Waals surface area contributed by atoms with Gasteiger partial charge in [-0.3, -0.25) is 0 Å². The second-order valence-corrected chi connectivity index (χ2v) is 8.00. The van der Waals surface area contributed by atoms with Crippen LogP contribution in [0.1, 0.15) is 6.42 Å². The number of fused-ring (bicyclic) bond motifs is 2. The second kappa shape index (κ2) is 6.81. The summed E-state index contributed by atoms with van der Waals surface area (Å²) in [4.78, 5) is 8.05. The molecule has 3 heterocycles. The number of alkyl halides is 1. The van der Waals surface area contributed by atoms with Gasteiger partial charge in [0, 0.05) is 43.7 Å². The fraction of sp³-hybridized carbons (Fsp3) is 0.381. The molecule has 2 unspecified atom stereocenters. The molecule has 0 radical (unpaired) electrons. The smallest absolute Gasteiger partial charge is 0.151 e. The minimum atomic E-state index is -0.884. The number of phenols is 1. The van der Waals surface area contributed by atoms with Gasteiger partial charge in [0.15, 0.2) is 5.82 Å². The van der Waals surface area contributed by atoms with Gasteiger partial charge in [-0.25, -0.2) is 9.37 Å². The third-order valence-electron chi connectivity index (χ3n) is 6.33. The third kappa shape index (κ3) is 2.95. The van der Waals surface area contributed by atoms with E-state index < -0.39 is 6.17 Å². The van der Waals surface area contributed by atoms with E-state index in [0.29, 0.717) is 23.0 Å². The number of halogens is 1. The zero-order valence-electron chi connectivity index (χ0n) is 16.4. The van der Waals surface area contributed by atoms with E-state index in [0.717, 1.165) is 18.7 Å². The molecule has 2 fully saturated rings. The monoisotopic (exact) mass is 394 g/mol. The van der Waals surface area contributed by atoms with Gasteiger partial charge in [0.05, 0.1) is 23.8 Å². The van der Waals surface area contributed by atoms with Crippen LogP contribution in [-0.2, 0) is 0 Å². The van der Waals surface area contributed by atoms with Crippen LogP contribution in [0, 0.1) is 5.92 Å². The molecule has 2 aliphatic rings. The van der Waals surface area contributed by atoms with E-state index in [4.69, 9.17) is 0 Å². The van der Waals surface area contributed by atoms with Gasteiger partial charge in [-0.15, -0.1) is 10.2 Å². The average molecular weight is 394 g/mol. The lowest BCUT2D eigenvalue weighted by Crippen LogP contribution is -2.51. The molecule has 0 amide bonds. The average Bonchev–Trinajstić information content (AvgIpc) is 3.44. The Kier molecular flexibility index (Phi) is 4.24. The van der Waals surface area contributed by atoms with Crippen LogP contribution in [0.15, 0.2) is 49.1 Å². The molecule has 2 bridgehead atoms. The molecule has 2 aromatic heterocycles. The van der Waals surface area contributed by atoms with Crippen molar-refractivity contribution in [2.24, 2.45) is 5.92 Å². The van der Waals surface area contributed by atoms with E-state index >= 15 is 0 Å². The van der Waals surface area contributed by atoms with Crippen molar-refractivity contribution < 1.29 is 9.50 Å². The van der Waals surface area contributed by atoms with E-state index in [9.17, 15) is 9.50 Å². The highest BCUT2D eigenvalue weighted by Gasteiger charge is 2.52. The Labute approximate surface area is 168 Å². The summed E-state index contributed by atoms with van der Waals surface area (Å²) in [5.74, 6) is 1.07. The number of piperidine rings is 1. The van der Waals surface area contributed by atoms with E-state index in [1.807, 2.05) is 48.0 Å². The summed E-state index contributed by atoms with van der Waals surface area (Å²) in [7, 11) is 3.88. The van der Waals surface area contributed by atoms with Gasteiger partial charge in [-0.1, -0.05) is 0 Å². The number of hydrogen-bond acceptors (Lipinski definition) is 6. The Morgan fingerprint density at radius 2 is 2.07 bits per heavy atom. The lowest BCUT2D eigenvalue weighted by atomic mass is 10.0. The standard InChI is InChI=1S/C21H23FN6O/c1-26-11-13-9-17(26)20(22)21(13)27(2)19-6-5-16(24-25-19)15-4-3-14(10-18(15)29)28-8-7-23-12-28/h3-8,10,12-13,17,20-21,29H,9,11H2,1-2H3/t13?,17?,20-,21+/m1/s1. The number of nitrogens with zero attached hydrogens (tertiary/aromatic N) is 6. The number of phenolic OH excluding ortho intramolecular Hbond substituents is 1. The number of anilines is 1. The quantitative estimate of drug-likeness (QED) is 0.733. The first-order valence-electron chi connectivity index (χ1n) is 9.75. The molecule has 1 aliphatic carbocycles. The van der Waals surface area contributed by atoms with Crippen molar-refractivity contribution in [3.05, 3.63) is 49.1 Å². The van der Waals surface area contributed by atoms with Gasteiger partial charge < -0.3 is 19.5 Å². The Balaban J connectivity index is 1.37. The fourth-order valence-electron chi connectivity index (χ4n) is 4.83. The predicted molar refractivity (Wildman–Crippen MR) is 108 cm³/mol. The number of imidazole rings is 1. The molecular weight excluding hydrogens is 371 g/mol. The van der Waals surface area contributed by atoms with Crippen LogP contribution < -0.4 is 4.90 Å². The lowest BCUT2D eigenvalue weighted by Gasteiger charge is -2.37. The molecule has 150 valence electrons. The first-order valence-corrected chi connectivity index (χ1v) is 9.75. The molecule has 8 heteroatoms. The fourth-order valence-corrected chi connectivity index (χ4v) is 4.83. The van der Waals surface area contributed by atoms with Gasteiger partial charge >= 0.3 is 0 Å². The van der Waals surface area contributed by atoms with Crippen molar-refractivity contribution in [1.29, 1.82) is 0 Å². The predicted octanol–water partition coefficient (Wildman–Crippen LogP) is 2.51. The number of hydrogen-bond donors (Lipinski definition) is 1. The van der Waals surface area contributed by atoms with Crippen LogP contribution in [-0.4, -0.2) is 68.7 Å². The minimum Gasteiger partial charge on any atom is -0.507 e. The summed E-state index contributed by atoms with van der Waals surface area (Å²) < 4.78 is 16.7. The van der Waals surface area contributed by atoms with Gasteiger partial charge in [-0.05, 0) is 43.7 Å². The zero-order chi connectivity index (χ0) is 20.1. The van der Waals surface area contributed by atoms with E-state index in [1.54, 1.807) is 24.7 Å². The van der Waals surface area contributed by atoms with E-state index in [2.05, 4.69) is 20.1 Å². The maximum atomic E-state index is 14.9. The summed E-state index contributed by atoms with van der Waals surface area (Å²) >= 11 is 0. The summed E-state index contributed by atoms with van der Waals surface area (Å²) in [5.41, 5.74) is 1.98. The Hall–Kier alpha value is -3.00. The largest absolute Gasteiger partial charge is 0.507 e. The van der Waals surface area contributed by atoms with E-state index in [-0.39, 0.29) is 17.8 Å². The molecule has 1 saturated heterocycles. The van der Waals surface area contributed by atoms with Crippen molar-refractivity contribution >= 4 is 5.82 Å². The lowest BCUT2D eigenvalue weighted by molar-refractivity contribution is 0.126. The van der Waals surface area contributed by atoms with Crippen molar-refractivity contribution in [1.82, 2.24) is 24.6 Å². The highest BCUT2D eigenvalue weighted by molar-refractivity contribution is 5.69. The van der Waals surface area contributed by atoms with E-state index in [1.165, 1.54) is 0 Å². The Morgan fingerprint density at radius 3 is 2.69 bits per heavy atom. The first kappa shape index (κ1) is 18.1. The first-order chi connectivity index (χ1) is 14.0. The van der Waals surface area contributed by atoms with Gasteiger partial charge in [-0.2, -0.15) is 0 Å². The van der Waals surface area contributed by atoms with Crippen LogP contribution in [0.25, 0.3) is 16.9 Å². The zero-order valence-corrected chi connectivity index (χ0v) is 16.4. The van der Waals surface area contributed by atoms with Crippen LogP contribution in [0.5, 0.6) is 5.75 Å². The van der Waals surface area contributed by atoms with Gasteiger partial charge in [0.1, 0.15) is 11.9 Å². The Morgan fingerprint density at radius 1 is 1.21 bits per heavy atom. The van der Waals surface area contributed by atoms with Crippen molar-refractivity contribution in [2.45, 2.75) is 24.7 Å². The number of aromatic hydroxyl groups is 1. The minimum absolute atomic E-state index is 0.00522. The SMILES string of the molecule is CN1CC2CC1[C@@H](F)[C@H]2N(C)c1ccc(-c2ccc(-n3ccnc3)cc2O)nn1. The molecule has 4 atom stereocenters. The van der Waals surface area contributed by atoms with Crippen LogP contribution >= 0.6 is 0 Å². The number of likely N-dealkylation sites (tertiary alicyclic amines) is 1. The van der Waals surface area contributed by atoms with Crippen LogP contribution in [0.4, 0.5) is 10.2 Å². The third-order valence-corrected chi connectivity index (χ3v) is 6.33. The molecule has 5 rings (SSSR count). The molecule has 1 saturated carbocycles. The summed E-state index contributed by atoms with van der Waals surface area (Å²) in [6, 6.07) is 8.85. The van der Waals surface area contributed by atoms with Crippen LogP contribution in [0.2, 0.25) is 0 Å². The van der Waals surface area contributed by atoms with Gasteiger partial charge in [0.25, 0.3) is 0 Å². The Bertz CT molecular complexity index is 1010. The molecule has 3 aromatic rings. The maximum Gasteiger partial charge on any atom is 0.151 e. The molecule has 7 nitrogen and oxygen atoms in total. The second-order valence-electron chi connectivity index (χ2n) is 8.00. The normalized spacial score (nSPS) is 26.2. The summed E-state index contributed by atoms with van der Waals surface area (Å²) in [6.45, 7) is 0.919. The molecule has 1 aromatic carbocycles. The molecule has 1 N–H and O–H groups in total. The van der Waals surface area contributed by atoms with Crippen molar-refractivity contribution in [3.8, 4) is 22.7 Å². The molecule has 29 heavy (non-hydrogen) atoms. The maximum absolute atomic E-state index is 14.9. The molecule has 0 spiro atoms. The summed E-state index contributed by atoms with van der Waals surface area (Å²) in [5, 5.41) is 19.1. The number of rotatable bonds is 4. The van der Waals surface area contributed by atoms with Crippen molar-refractivity contribution in [3.63, 3.8) is 0 Å². The summed E-state index contributed by atoms with van der Waals surface area (Å²) in [6.07, 6.45) is 5.18. The van der Waals surface area contributed by atoms with Gasteiger partial charge in [0.2, 0.25) is 0 Å². The number of aromatic nitrogens is 4. The highest BCUT2D eigenvalue weighted by Crippen LogP contribution is 2.42. The molecule has 1 aliphatic heterocycles. The van der Waals surface area contributed by atoms with Crippen LogP contribution in [0.3, 0.4) is 0 Å². The highest BCUT2D eigenvalue weighted by atomic mass is 19.1. The topological polar surface area (TPSA) is 70.3 Å². The number of benzene rings is 1. The molecular formula is C21H23FN6O.